The molecule has 1 aromatic heterocycles. The van der Waals surface area contributed by atoms with E-state index in [1.54, 1.807) is 0 Å². The number of rotatable bonds is 3. The highest BCUT2D eigenvalue weighted by Gasteiger charge is 2.21. The molecular formula is C46H28S. The first-order valence-electron chi connectivity index (χ1n) is 16.2. The van der Waals surface area contributed by atoms with Crippen LogP contribution in [0.3, 0.4) is 0 Å². The third kappa shape index (κ3) is 4.00. The Morgan fingerprint density at radius 1 is 0.298 bits per heavy atom. The fraction of sp³-hybridized carbons (Fsp3) is 0. The molecule has 0 aliphatic rings. The van der Waals surface area contributed by atoms with E-state index in [-0.39, 0.29) is 0 Å². The van der Waals surface area contributed by atoms with Crippen LogP contribution in [0.4, 0.5) is 0 Å². The minimum absolute atomic E-state index is 1.24. The van der Waals surface area contributed by atoms with Gasteiger partial charge in [-0.3, -0.25) is 0 Å². The van der Waals surface area contributed by atoms with E-state index in [4.69, 9.17) is 0 Å². The molecule has 0 atom stereocenters. The lowest BCUT2D eigenvalue weighted by Gasteiger charge is -2.20. The quantitative estimate of drug-likeness (QED) is 0.174. The second-order valence-corrected chi connectivity index (χ2v) is 13.4. The van der Waals surface area contributed by atoms with E-state index < -0.39 is 0 Å². The van der Waals surface area contributed by atoms with Gasteiger partial charge in [-0.15, -0.1) is 11.3 Å². The number of hydrogen-bond acceptors (Lipinski definition) is 1. The summed E-state index contributed by atoms with van der Waals surface area (Å²) in [7, 11) is 0. The van der Waals surface area contributed by atoms with Crippen LogP contribution in [0, 0.1) is 0 Å². The zero-order valence-corrected chi connectivity index (χ0v) is 26.4. The van der Waals surface area contributed by atoms with Crippen LogP contribution in [0.1, 0.15) is 0 Å². The van der Waals surface area contributed by atoms with E-state index in [0.29, 0.717) is 0 Å². The van der Waals surface area contributed by atoms with Gasteiger partial charge < -0.3 is 0 Å². The largest absolute Gasteiger partial charge is 0.135 e. The predicted molar refractivity (Wildman–Crippen MR) is 206 cm³/mol. The predicted octanol–water partition coefficient (Wildman–Crippen LogP) is 13.7. The molecule has 0 saturated carbocycles. The maximum absolute atomic E-state index is 2.37. The van der Waals surface area contributed by atoms with Crippen molar-refractivity contribution in [1.82, 2.24) is 0 Å². The highest BCUT2D eigenvalue weighted by Crippen LogP contribution is 2.49. The minimum Gasteiger partial charge on any atom is -0.135 e. The van der Waals surface area contributed by atoms with Crippen molar-refractivity contribution in [3.8, 4) is 33.4 Å². The second-order valence-electron chi connectivity index (χ2n) is 12.4. The van der Waals surface area contributed by atoms with E-state index in [1.165, 1.54) is 96.6 Å². The smallest absolute Gasteiger partial charge is 0.0434 e. The lowest BCUT2D eigenvalue weighted by Crippen LogP contribution is -1.92. The molecule has 0 bridgehead atoms. The minimum atomic E-state index is 1.24. The molecule has 0 aliphatic heterocycles. The standard InChI is InChI=1S/C46H28S/c1-2-13-29(14-3-1)32-25-26-39(34-18-7-6-17-33(32)34)44-35-19-8-10-21-37(35)45(38-22-11-9-20-36(38)44)41-24-12-23-40-42-27-30-15-4-5-16-31(30)28-43(42)47-46(40)41/h1-28H. The Kier molecular flexibility index (Phi) is 5.85. The summed E-state index contributed by atoms with van der Waals surface area (Å²) in [5.41, 5.74) is 7.68. The Morgan fingerprint density at radius 3 is 1.45 bits per heavy atom. The summed E-state index contributed by atoms with van der Waals surface area (Å²) >= 11 is 1.92. The molecule has 0 spiro atoms. The number of hydrogen-bond donors (Lipinski definition) is 0. The van der Waals surface area contributed by atoms with Gasteiger partial charge in [-0.25, -0.2) is 0 Å². The van der Waals surface area contributed by atoms with E-state index in [1.807, 2.05) is 11.3 Å². The summed E-state index contributed by atoms with van der Waals surface area (Å²) in [6, 6.07) is 62.6. The molecule has 0 unspecified atom stereocenters. The second kappa shape index (κ2) is 10.4. The van der Waals surface area contributed by atoms with Crippen molar-refractivity contribution in [2.24, 2.45) is 0 Å². The molecule has 1 heterocycles. The van der Waals surface area contributed by atoms with Gasteiger partial charge in [0.1, 0.15) is 0 Å². The van der Waals surface area contributed by atoms with Crippen LogP contribution in [0.2, 0.25) is 0 Å². The third-order valence-corrected chi connectivity index (χ3v) is 11.0. The fourth-order valence-corrected chi connectivity index (χ4v) is 9.03. The zero-order valence-electron chi connectivity index (χ0n) is 25.6. The van der Waals surface area contributed by atoms with E-state index in [9.17, 15) is 0 Å². The monoisotopic (exact) mass is 612 g/mol. The summed E-state index contributed by atoms with van der Waals surface area (Å²) in [6.07, 6.45) is 0. The average Bonchev–Trinajstić information content (AvgIpc) is 3.50. The molecule has 1 heteroatoms. The summed E-state index contributed by atoms with van der Waals surface area (Å²) in [5.74, 6) is 0. The van der Waals surface area contributed by atoms with Crippen molar-refractivity contribution in [3.63, 3.8) is 0 Å². The molecule has 0 radical (unpaired) electrons. The number of thiophene rings is 1. The van der Waals surface area contributed by atoms with Gasteiger partial charge >= 0.3 is 0 Å². The first-order valence-corrected chi connectivity index (χ1v) is 17.0. The summed E-state index contributed by atoms with van der Waals surface area (Å²) < 4.78 is 2.68. The summed E-state index contributed by atoms with van der Waals surface area (Å²) in [6.45, 7) is 0. The van der Waals surface area contributed by atoms with Gasteiger partial charge in [0.15, 0.2) is 0 Å². The van der Waals surface area contributed by atoms with Gasteiger partial charge in [0.25, 0.3) is 0 Å². The van der Waals surface area contributed by atoms with Crippen molar-refractivity contribution in [1.29, 1.82) is 0 Å². The van der Waals surface area contributed by atoms with Crippen LogP contribution in [0.15, 0.2) is 170 Å². The molecule has 0 fully saturated rings. The van der Waals surface area contributed by atoms with Gasteiger partial charge in [-0.05, 0) is 83.0 Å². The fourth-order valence-electron chi connectivity index (χ4n) is 7.78. The molecular weight excluding hydrogens is 585 g/mol. The van der Waals surface area contributed by atoms with E-state index >= 15 is 0 Å². The molecule has 0 saturated heterocycles. The highest BCUT2D eigenvalue weighted by molar-refractivity contribution is 7.26. The normalized spacial score (nSPS) is 11.8. The lowest BCUT2D eigenvalue weighted by molar-refractivity contribution is 1.64. The van der Waals surface area contributed by atoms with Gasteiger partial charge in [0.05, 0.1) is 0 Å². The summed E-state index contributed by atoms with van der Waals surface area (Å²) in [4.78, 5) is 0. The Morgan fingerprint density at radius 2 is 0.787 bits per heavy atom. The first kappa shape index (κ1) is 26.5. The molecule has 9 aromatic carbocycles. The van der Waals surface area contributed by atoms with Crippen LogP contribution in [0.25, 0.3) is 96.6 Å². The van der Waals surface area contributed by atoms with Crippen LogP contribution >= 0.6 is 11.3 Å². The highest BCUT2D eigenvalue weighted by atomic mass is 32.1. The van der Waals surface area contributed by atoms with E-state index in [0.717, 1.165) is 0 Å². The molecule has 47 heavy (non-hydrogen) atoms. The average molecular weight is 613 g/mol. The Balaban J connectivity index is 1.30. The van der Waals surface area contributed by atoms with Crippen molar-refractivity contribution >= 4 is 74.6 Å². The van der Waals surface area contributed by atoms with Crippen molar-refractivity contribution < 1.29 is 0 Å². The summed E-state index contributed by atoms with van der Waals surface area (Å²) in [5, 5.41) is 12.9. The van der Waals surface area contributed by atoms with Crippen LogP contribution in [-0.2, 0) is 0 Å². The van der Waals surface area contributed by atoms with Gasteiger partial charge in [-0.1, -0.05) is 158 Å². The Bertz CT molecular complexity index is 2780. The molecule has 0 aliphatic carbocycles. The van der Waals surface area contributed by atoms with Crippen LogP contribution in [0.5, 0.6) is 0 Å². The Labute approximate surface area is 276 Å². The number of benzene rings is 9. The molecule has 0 N–H and O–H groups in total. The van der Waals surface area contributed by atoms with Crippen molar-refractivity contribution in [2.45, 2.75) is 0 Å². The van der Waals surface area contributed by atoms with Gasteiger partial charge in [0.2, 0.25) is 0 Å². The molecule has 10 rings (SSSR count). The van der Waals surface area contributed by atoms with Crippen molar-refractivity contribution in [3.05, 3.63) is 170 Å². The van der Waals surface area contributed by atoms with Gasteiger partial charge in [0, 0.05) is 25.7 Å². The van der Waals surface area contributed by atoms with Gasteiger partial charge in [-0.2, -0.15) is 0 Å². The molecule has 0 amide bonds. The molecule has 10 aromatic rings. The van der Waals surface area contributed by atoms with Crippen LogP contribution < -0.4 is 0 Å². The maximum Gasteiger partial charge on any atom is 0.0434 e. The number of fused-ring (bicyclic) bond motifs is 7. The maximum atomic E-state index is 2.37. The topological polar surface area (TPSA) is 0 Å². The Hall–Kier alpha value is -5.76. The molecule has 0 nitrogen and oxygen atoms in total. The van der Waals surface area contributed by atoms with Crippen molar-refractivity contribution in [2.75, 3.05) is 0 Å². The third-order valence-electron chi connectivity index (χ3n) is 9.84. The van der Waals surface area contributed by atoms with Crippen LogP contribution in [-0.4, -0.2) is 0 Å². The van der Waals surface area contributed by atoms with E-state index in [2.05, 4.69) is 170 Å². The first-order chi connectivity index (χ1) is 23.3. The molecule has 218 valence electrons. The zero-order chi connectivity index (χ0) is 30.9. The SMILES string of the molecule is c1ccc(-c2ccc(-c3c4ccccc4c(-c4cccc5c4sc4cc6ccccc6cc45)c4ccccc34)c3ccccc23)cc1. The lowest BCUT2D eigenvalue weighted by atomic mass is 9.83.